The van der Waals surface area contributed by atoms with Crippen molar-refractivity contribution in [2.45, 2.75) is 284 Å². The highest BCUT2D eigenvalue weighted by molar-refractivity contribution is 5.71. The highest BCUT2D eigenvalue weighted by Crippen LogP contribution is 2.16. The number of carbonyl (C=O) groups excluding carboxylic acids is 3. The first-order valence-electron chi connectivity index (χ1n) is 27.1. The van der Waals surface area contributed by atoms with Gasteiger partial charge >= 0.3 is 17.9 Å². The van der Waals surface area contributed by atoms with Gasteiger partial charge in [0.1, 0.15) is 13.2 Å². The fraction of sp³-hybridized carbons (Fsp3) is 0.807. The number of esters is 3. The molecular formula is C57H102O6. The second-order valence-electron chi connectivity index (χ2n) is 18.1. The van der Waals surface area contributed by atoms with Gasteiger partial charge in [-0.2, -0.15) is 0 Å². The summed E-state index contributed by atoms with van der Waals surface area (Å²) in [7, 11) is 0. The summed E-state index contributed by atoms with van der Waals surface area (Å²) >= 11 is 0. The van der Waals surface area contributed by atoms with Crippen LogP contribution in [0, 0.1) is 0 Å². The van der Waals surface area contributed by atoms with E-state index in [1.165, 1.54) is 154 Å². The predicted molar refractivity (Wildman–Crippen MR) is 270 cm³/mol. The quantitative estimate of drug-likeness (QED) is 0.0262. The van der Waals surface area contributed by atoms with E-state index in [1.54, 1.807) is 0 Å². The van der Waals surface area contributed by atoms with E-state index in [9.17, 15) is 14.4 Å². The highest BCUT2D eigenvalue weighted by Gasteiger charge is 2.19. The Labute approximate surface area is 390 Å². The molecular weight excluding hydrogens is 781 g/mol. The van der Waals surface area contributed by atoms with Gasteiger partial charge < -0.3 is 14.2 Å². The molecule has 0 aromatic rings. The van der Waals surface area contributed by atoms with E-state index in [0.717, 1.165) is 83.5 Å². The summed E-state index contributed by atoms with van der Waals surface area (Å²) in [4.78, 5) is 38.0. The van der Waals surface area contributed by atoms with Gasteiger partial charge in [-0.05, 0) is 77.0 Å². The van der Waals surface area contributed by atoms with Gasteiger partial charge in [-0.3, -0.25) is 14.4 Å². The Hall–Kier alpha value is -2.63. The average molecular weight is 883 g/mol. The van der Waals surface area contributed by atoms with E-state index < -0.39 is 6.10 Å². The van der Waals surface area contributed by atoms with Crippen LogP contribution in [0.3, 0.4) is 0 Å². The van der Waals surface area contributed by atoms with E-state index in [0.29, 0.717) is 19.3 Å². The molecule has 6 nitrogen and oxygen atoms in total. The van der Waals surface area contributed by atoms with Crippen molar-refractivity contribution >= 4 is 17.9 Å². The molecule has 0 fully saturated rings. The Balaban J connectivity index is 4.33. The number of rotatable bonds is 49. The number of allylic oxidation sites excluding steroid dienone is 8. The van der Waals surface area contributed by atoms with E-state index in [4.69, 9.17) is 14.2 Å². The lowest BCUT2D eigenvalue weighted by atomic mass is 10.0. The van der Waals surface area contributed by atoms with Crippen LogP contribution < -0.4 is 0 Å². The lowest BCUT2D eigenvalue weighted by Crippen LogP contribution is -2.30. The maximum absolute atomic E-state index is 12.8. The van der Waals surface area contributed by atoms with Crippen LogP contribution in [0.4, 0.5) is 0 Å². The largest absolute Gasteiger partial charge is 0.462 e. The van der Waals surface area contributed by atoms with Crippen LogP contribution in [0.5, 0.6) is 0 Å². The molecule has 1 unspecified atom stereocenters. The molecule has 0 heterocycles. The molecule has 0 bridgehead atoms. The third-order valence-electron chi connectivity index (χ3n) is 11.8. The van der Waals surface area contributed by atoms with Crippen LogP contribution in [-0.2, 0) is 28.6 Å². The monoisotopic (exact) mass is 883 g/mol. The minimum Gasteiger partial charge on any atom is -0.462 e. The van der Waals surface area contributed by atoms with Crippen LogP contribution in [-0.4, -0.2) is 37.2 Å². The molecule has 0 amide bonds. The summed E-state index contributed by atoms with van der Waals surface area (Å²) < 4.78 is 16.8. The Morgan fingerprint density at radius 1 is 0.333 bits per heavy atom. The number of unbranched alkanes of at least 4 members (excludes halogenated alkanes) is 30. The van der Waals surface area contributed by atoms with Crippen molar-refractivity contribution in [1.82, 2.24) is 0 Å². The summed E-state index contributed by atoms with van der Waals surface area (Å²) in [6.45, 7) is 6.52. The highest BCUT2D eigenvalue weighted by atomic mass is 16.6. The molecule has 0 N–H and O–H groups in total. The van der Waals surface area contributed by atoms with Crippen LogP contribution in [0.1, 0.15) is 278 Å². The second kappa shape index (κ2) is 52.0. The summed E-state index contributed by atoms with van der Waals surface area (Å²) in [6.07, 6.45) is 62.4. The second-order valence-corrected chi connectivity index (χ2v) is 18.1. The Morgan fingerprint density at radius 3 is 1.02 bits per heavy atom. The lowest BCUT2D eigenvalue weighted by molar-refractivity contribution is -0.167. The molecule has 0 aliphatic rings. The van der Waals surface area contributed by atoms with E-state index in [2.05, 4.69) is 69.4 Å². The molecule has 0 rings (SSSR count). The predicted octanol–water partition coefficient (Wildman–Crippen LogP) is 17.9. The van der Waals surface area contributed by atoms with E-state index in [-0.39, 0.29) is 31.1 Å². The molecule has 0 saturated carbocycles. The van der Waals surface area contributed by atoms with Gasteiger partial charge in [0.15, 0.2) is 6.10 Å². The minimum absolute atomic E-state index is 0.0760. The van der Waals surface area contributed by atoms with Crippen LogP contribution in [0.15, 0.2) is 48.6 Å². The molecule has 366 valence electrons. The van der Waals surface area contributed by atoms with Crippen molar-refractivity contribution in [3.05, 3.63) is 48.6 Å². The fourth-order valence-electron chi connectivity index (χ4n) is 7.75. The van der Waals surface area contributed by atoms with Crippen molar-refractivity contribution in [3.63, 3.8) is 0 Å². The van der Waals surface area contributed by atoms with Gasteiger partial charge in [-0.25, -0.2) is 0 Å². The molecule has 0 aromatic carbocycles. The van der Waals surface area contributed by atoms with Gasteiger partial charge in [0, 0.05) is 19.3 Å². The van der Waals surface area contributed by atoms with Crippen molar-refractivity contribution in [1.29, 1.82) is 0 Å². The average Bonchev–Trinajstić information content (AvgIpc) is 3.28. The van der Waals surface area contributed by atoms with Crippen LogP contribution in [0.25, 0.3) is 0 Å². The molecule has 0 saturated heterocycles. The fourth-order valence-corrected chi connectivity index (χ4v) is 7.75. The van der Waals surface area contributed by atoms with Crippen LogP contribution >= 0.6 is 0 Å². The Morgan fingerprint density at radius 2 is 0.619 bits per heavy atom. The first kappa shape index (κ1) is 60.4. The molecule has 1 atom stereocenters. The van der Waals surface area contributed by atoms with Crippen molar-refractivity contribution in [2.24, 2.45) is 0 Å². The summed E-state index contributed by atoms with van der Waals surface area (Å²) in [5.74, 6) is -0.879. The molecule has 0 aromatic heterocycles. The molecule has 63 heavy (non-hydrogen) atoms. The van der Waals surface area contributed by atoms with Gasteiger partial charge in [-0.15, -0.1) is 0 Å². The normalized spacial score (nSPS) is 12.4. The maximum atomic E-state index is 12.8. The summed E-state index contributed by atoms with van der Waals surface area (Å²) in [5.41, 5.74) is 0. The minimum atomic E-state index is -0.775. The molecule has 0 aliphatic heterocycles. The zero-order valence-corrected chi connectivity index (χ0v) is 41.8. The third-order valence-corrected chi connectivity index (χ3v) is 11.8. The van der Waals surface area contributed by atoms with Crippen LogP contribution in [0.2, 0.25) is 0 Å². The lowest BCUT2D eigenvalue weighted by Gasteiger charge is -2.18. The molecule has 6 heteroatoms. The number of hydrogen-bond acceptors (Lipinski definition) is 6. The van der Waals surface area contributed by atoms with Crippen molar-refractivity contribution in [2.75, 3.05) is 13.2 Å². The van der Waals surface area contributed by atoms with Gasteiger partial charge in [0.2, 0.25) is 0 Å². The van der Waals surface area contributed by atoms with Gasteiger partial charge in [-0.1, -0.05) is 230 Å². The maximum Gasteiger partial charge on any atom is 0.306 e. The first-order chi connectivity index (χ1) is 31.0. The van der Waals surface area contributed by atoms with E-state index in [1.807, 2.05) is 0 Å². The third kappa shape index (κ3) is 50.2. The number of carbonyl (C=O) groups is 3. The van der Waals surface area contributed by atoms with Gasteiger partial charge in [0.25, 0.3) is 0 Å². The smallest absolute Gasteiger partial charge is 0.306 e. The Kier molecular flexibility index (Phi) is 49.8. The molecule has 0 radical (unpaired) electrons. The number of ether oxygens (including phenoxy) is 3. The zero-order valence-electron chi connectivity index (χ0n) is 41.8. The van der Waals surface area contributed by atoms with Crippen molar-refractivity contribution in [3.8, 4) is 0 Å². The first-order valence-corrected chi connectivity index (χ1v) is 27.1. The molecule has 0 spiro atoms. The van der Waals surface area contributed by atoms with Gasteiger partial charge in [0.05, 0.1) is 0 Å². The van der Waals surface area contributed by atoms with Crippen molar-refractivity contribution < 1.29 is 28.6 Å². The topological polar surface area (TPSA) is 78.9 Å². The summed E-state index contributed by atoms with van der Waals surface area (Å²) in [6, 6.07) is 0. The summed E-state index contributed by atoms with van der Waals surface area (Å²) in [5, 5.41) is 0. The SMILES string of the molecule is CC/C=C\C/C=C\C/C=C\CCCCCCCCCCCC(=O)OCC(COC(=O)CCCCCCC/C=C\CCCCC)OC(=O)CCCCCCCCCCCCCCCC. The van der Waals surface area contributed by atoms with E-state index >= 15 is 0 Å². The number of hydrogen-bond donors (Lipinski definition) is 0. The Bertz CT molecular complexity index is 1110. The zero-order chi connectivity index (χ0) is 45.8. The molecule has 0 aliphatic carbocycles. The standard InChI is InChI=1S/C57H102O6/c1-4-7-10-13-16-19-22-25-27-28-29-30-31-33-35-38-41-44-47-50-56(59)62-53-54(52-61-55(58)49-46-43-40-37-34-24-21-18-15-12-9-6-3)63-57(60)51-48-45-42-39-36-32-26-23-20-17-14-11-8-5-2/h7,10,16,18-19,21,25,27,54H,4-6,8-9,11-15,17,20,22-24,26,28-53H2,1-3H3/b10-7-,19-16-,21-18-,27-25-.